The zero-order valence-corrected chi connectivity index (χ0v) is 12.5. The molecule has 1 fully saturated rings. The lowest BCUT2D eigenvalue weighted by atomic mass is 9.97. The summed E-state index contributed by atoms with van der Waals surface area (Å²) in [6.07, 6.45) is 1.95. The number of piperidine rings is 1. The molecule has 104 valence electrons. The molecule has 1 aliphatic rings. The van der Waals surface area contributed by atoms with E-state index in [4.69, 9.17) is 4.74 Å². The Hall–Kier alpha value is -1.07. The molecule has 0 bridgehead atoms. The minimum atomic E-state index is -0.0151. The second kappa shape index (κ2) is 6.39. The van der Waals surface area contributed by atoms with Crippen molar-refractivity contribution in [1.29, 1.82) is 0 Å². The molecule has 1 heterocycles. The number of halogens is 1. The van der Waals surface area contributed by atoms with Crippen molar-refractivity contribution >= 4 is 21.8 Å². The van der Waals surface area contributed by atoms with Crippen LogP contribution in [0.2, 0.25) is 0 Å². The highest BCUT2D eigenvalue weighted by atomic mass is 79.9. The van der Waals surface area contributed by atoms with E-state index in [2.05, 4.69) is 15.9 Å². The van der Waals surface area contributed by atoms with Gasteiger partial charge in [-0.2, -0.15) is 0 Å². The molecule has 0 aromatic heterocycles. The average molecular weight is 328 g/mol. The lowest BCUT2D eigenvalue weighted by Crippen LogP contribution is -2.39. The highest BCUT2D eigenvalue weighted by Gasteiger charge is 2.23. The number of carbonyl (C=O) groups is 1. The van der Waals surface area contributed by atoms with Gasteiger partial charge < -0.3 is 14.7 Å². The molecule has 4 nitrogen and oxygen atoms in total. The smallest absolute Gasteiger partial charge is 0.253 e. The molecule has 1 amide bonds. The van der Waals surface area contributed by atoms with Crippen molar-refractivity contribution < 1.29 is 14.6 Å². The van der Waals surface area contributed by atoms with Crippen LogP contribution in [0, 0.1) is 5.92 Å². The second-order valence-corrected chi connectivity index (χ2v) is 5.71. The summed E-state index contributed by atoms with van der Waals surface area (Å²) in [6.45, 7) is 2.27. The molecule has 1 N–H and O–H groups in total. The number of benzene rings is 1. The van der Waals surface area contributed by atoms with Crippen molar-refractivity contribution in [2.75, 3.05) is 26.8 Å². The van der Waals surface area contributed by atoms with Crippen LogP contribution in [0.25, 0.3) is 0 Å². The number of aromatic hydroxyl groups is 1. The maximum atomic E-state index is 12.3. The number of nitrogens with zero attached hydrogens (tertiary/aromatic N) is 1. The van der Waals surface area contributed by atoms with E-state index < -0.39 is 0 Å². The van der Waals surface area contributed by atoms with E-state index in [-0.39, 0.29) is 11.7 Å². The highest BCUT2D eigenvalue weighted by Crippen LogP contribution is 2.26. The van der Waals surface area contributed by atoms with Gasteiger partial charge in [0.2, 0.25) is 0 Å². The van der Waals surface area contributed by atoms with Crippen LogP contribution in [0.15, 0.2) is 22.7 Å². The van der Waals surface area contributed by atoms with Gasteiger partial charge in [-0.25, -0.2) is 0 Å². The highest BCUT2D eigenvalue weighted by molar-refractivity contribution is 9.10. The number of methoxy groups -OCH3 is 1. The number of rotatable bonds is 3. The average Bonchev–Trinajstić information content (AvgIpc) is 2.42. The summed E-state index contributed by atoms with van der Waals surface area (Å²) in [4.78, 5) is 14.1. The molecule has 0 unspecified atom stereocenters. The first-order valence-corrected chi connectivity index (χ1v) is 7.18. The minimum Gasteiger partial charge on any atom is -0.507 e. The van der Waals surface area contributed by atoms with Gasteiger partial charge in [-0.1, -0.05) is 0 Å². The third kappa shape index (κ3) is 3.48. The predicted octanol–water partition coefficient (Wildman–Crippen LogP) is 2.65. The van der Waals surface area contributed by atoms with Crippen LogP contribution in [0.3, 0.4) is 0 Å². The van der Waals surface area contributed by atoms with Gasteiger partial charge in [0.25, 0.3) is 5.91 Å². The van der Waals surface area contributed by atoms with Gasteiger partial charge in [0.05, 0.1) is 4.47 Å². The Morgan fingerprint density at radius 3 is 2.74 bits per heavy atom. The Kier molecular flexibility index (Phi) is 4.82. The summed E-state index contributed by atoms with van der Waals surface area (Å²) in [5, 5.41) is 9.63. The monoisotopic (exact) mass is 327 g/mol. The molecule has 1 aromatic rings. The van der Waals surface area contributed by atoms with Gasteiger partial charge in [-0.3, -0.25) is 4.79 Å². The van der Waals surface area contributed by atoms with E-state index in [0.717, 1.165) is 32.5 Å². The SMILES string of the molecule is COCC1CCN(C(=O)c2ccc(Br)c(O)c2)CC1. The van der Waals surface area contributed by atoms with Crippen LogP contribution in [-0.4, -0.2) is 42.7 Å². The fourth-order valence-corrected chi connectivity index (χ4v) is 2.61. The maximum Gasteiger partial charge on any atom is 0.253 e. The molecular formula is C14H18BrNO3. The molecular weight excluding hydrogens is 310 g/mol. The number of hydrogen-bond donors (Lipinski definition) is 1. The van der Waals surface area contributed by atoms with Crippen LogP contribution >= 0.6 is 15.9 Å². The maximum absolute atomic E-state index is 12.3. The van der Waals surface area contributed by atoms with Crippen LogP contribution < -0.4 is 0 Å². The Balaban J connectivity index is 1.99. The molecule has 1 aliphatic heterocycles. The zero-order valence-electron chi connectivity index (χ0n) is 10.9. The van der Waals surface area contributed by atoms with E-state index in [9.17, 15) is 9.90 Å². The Bertz CT molecular complexity index is 456. The van der Waals surface area contributed by atoms with E-state index in [1.165, 1.54) is 6.07 Å². The van der Waals surface area contributed by atoms with Gasteiger partial charge in [0.1, 0.15) is 5.75 Å². The number of phenolic OH excluding ortho intramolecular Hbond substituents is 1. The van der Waals surface area contributed by atoms with Crippen LogP contribution in [0.1, 0.15) is 23.2 Å². The number of hydrogen-bond acceptors (Lipinski definition) is 3. The fourth-order valence-electron chi connectivity index (χ4n) is 2.37. The summed E-state index contributed by atoms with van der Waals surface area (Å²) in [5.41, 5.74) is 0.533. The van der Waals surface area contributed by atoms with Crippen molar-refractivity contribution in [3.05, 3.63) is 28.2 Å². The summed E-state index contributed by atoms with van der Waals surface area (Å²) in [7, 11) is 1.71. The quantitative estimate of drug-likeness (QED) is 0.928. The Morgan fingerprint density at radius 1 is 1.47 bits per heavy atom. The molecule has 0 aliphatic carbocycles. The van der Waals surface area contributed by atoms with E-state index in [1.807, 2.05) is 4.90 Å². The lowest BCUT2D eigenvalue weighted by molar-refractivity contribution is 0.0613. The molecule has 2 rings (SSSR count). The molecule has 0 spiro atoms. The van der Waals surface area contributed by atoms with Crippen LogP contribution in [-0.2, 0) is 4.74 Å². The first kappa shape index (κ1) is 14.3. The van der Waals surface area contributed by atoms with E-state index in [0.29, 0.717) is 16.0 Å². The predicted molar refractivity (Wildman–Crippen MR) is 76.3 cm³/mol. The van der Waals surface area contributed by atoms with Gasteiger partial charge in [-0.15, -0.1) is 0 Å². The van der Waals surface area contributed by atoms with Crippen molar-refractivity contribution in [3.63, 3.8) is 0 Å². The first-order valence-electron chi connectivity index (χ1n) is 6.38. The van der Waals surface area contributed by atoms with Gasteiger partial charge >= 0.3 is 0 Å². The molecule has 0 saturated carbocycles. The van der Waals surface area contributed by atoms with Gasteiger partial charge in [0, 0.05) is 32.4 Å². The zero-order chi connectivity index (χ0) is 13.8. The first-order chi connectivity index (χ1) is 9.11. The summed E-state index contributed by atoms with van der Waals surface area (Å²) < 4.78 is 5.75. The number of carbonyl (C=O) groups excluding carboxylic acids is 1. The van der Waals surface area contributed by atoms with Gasteiger partial charge in [-0.05, 0) is 52.9 Å². The minimum absolute atomic E-state index is 0.0151. The van der Waals surface area contributed by atoms with Crippen molar-refractivity contribution in [2.24, 2.45) is 5.92 Å². The summed E-state index contributed by atoms with van der Waals surface area (Å²) >= 11 is 3.21. The molecule has 1 saturated heterocycles. The van der Waals surface area contributed by atoms with Crippen molar-refractivity contribution in [3.8, 4) is 5.75 Å². The Labute approximate surface area is 121 Å². The summed E-state index contributed by atoms with van der Waals surface area (Å²) in [5.74, 6) is 0.631. The second-order valence-electron chi connectivity index (χ2n) is 4.86. The standard InChI is InChI=1S/C14H18BrNO3/c1-19-9-10-4-6-16(7-5-10)14(18)11-2-3-12(15)13(17)8-11/h2-3,8,10,17H,4-7,9H2,1H3. The Morgan fingerprint density at radius 2 is 2.16 bits per heavy atom. The summed E-state index contributed by atoms with van der Waals surface area (Å²) in [6, 6.07) is 4.93. The molecule has 0 atom stereocenters. The van der Waals surface area contributed by atoms with Crippen molar-refractivity contribution in [1.82, 2.24) is 4.90 Å². The number of likely N-dealkylation sites (tertiary alicyclic amines) is 1. The number of amides is 1. The normalized spacial score (nSPS) is 16.6. The van der Waals surface area contributed by atoms with Crippen LogP contribution in [0.4, 0.5) is 0 Å². The van der Waals surface area contributed by atoms with Crippen LogP contribution in [0.5, 0.6) is 5.75 Å². The van der Waals surface area contributed by atoms with E-state index in [1.54, 1.807) is 19.2 Å². The van der Waals surface area contributed by atoms with E-state index >= 15 is 0 Å². The van der Waals surface area contributed by atoms with Crippen molar-refractivity contribution in [2.45, 2.75) is 12.8 Å². The molecule has 0 radical (unpaired) electrons. The fraction of sp³-hybridized carbons (Fsp3) is 0.500. The number of ether oxygens (including phenoxy) is 1. The third-order valence-corrected chi connectivity index (χ3v) is 4.17. The largest absolute Gasteiger partial charge is 0.507 e. The number of phenols is 1. The topological polar surface area (TPSA) is 49.8 Å². The van der Waals surface area contributed by atoms with Gasteiger partial charge in [0.15, 0.2) is 0 Å². The molecule has 1 aromatic carbocycles. The third-order valence-electron chi connectivity index (χ3n) is 3.50. The molecule has 19 heavy (non-hydrogen) atoms. The molecule has 5 heteroatoms. The lowest BCUT2D eigenvalue weighted by Gasteiger charge is -2.31.